The number of rotatable bonds is 3. The molecule has 6 heteroatoms. The largest absolute Gasteiger partial charge is 0.326 e. The second-order valence-electron chi connectivity index (χ2n) is 6.61. The number of hydrogen-bond donors (Lipinski definition) is 3. The number of anilines is 1. The Kier molecular flexibility index (Phi) is 4.63. The van der Waals surface area contributed by atoms with E-state index in [0.717, 1.165) is 10.2 Å². The molecule has 1 aliphatic rings. The molecule has 2 unspecified atom stereocenters. The van der Waals surface area contributed by atoms with Gasteiger partial charge in [0, 0.05) is 16.1 Å². The Balaban J connectivity index is 2.17. The van der Waals surface area contributed by atoms with Gasteiger partial charge in [-0.05, 0) is 42.5 Å². The van der Waals surface area contributed by atoms with Gasteiger partial charge < -0.3 is 5.32 Å². The molecule has 120 valence electrons. The number of nitrogens with two attached hydrogens (primary N) is 1. The van der Waals surface area contributed by atoms with Crippen LogP contribution in [0.25, 0.3) is 0 Å². The molecular formula is C16H22BrN3O2. The van der Waals surface area contributed by atoms with Crippen LogP contribution in [0, 0.1) is 16.7 Å². The minimum atomic E-state index is -0.649. The highest BCUT2D eigenvalue weighted by Gasteiger charge is 2.57. The lowest BCUT2D eigenvalue weighted by Crippen LogP contribution is -2.50. The summed E-state index contributed by atoms with van der Waals surface area (Å²) in [7, 11) is 0. The highest BCUT2D eigenvalue weighted by molar-refractivity contribution is 9.10. The maximum Gasteiger partial charge on any atom is 0.240 e. The molecule has 0 aliphatic heterocycles. The van der Waals surface area contributed by atoms with Crippen molar-refractivity contribution in [3.63, 3.8) is 0 Å². The summed E-state index contributed by atoms with van der Waals surface area (Å²) in [5.41, 5.74) is 1.87. The van der Waals surface area contributed by atoms with Crippen molar-refractivity contribution >= 4 is 33.4 Å². The maximum atomic E-state index is 12.6. The van der Waals surface area contributed by atoms with Crippen LogP contribution in [-0.4, -0.2) is 11.8 Å². The third-order valence-corrected chi connectivity index (χ3v) is 5.82. The van der Waals surface area contributed by atoms with Crippen LogP contribution in [0.2, 0.25) is 0 Å². The third kappa shape index (κ3) is 2.77. The summed E-state index contributed by atoms with van der Waals surface area (Å²) in [6.45, 7) is 5.80. The Morgan fingerprint density at radius 3 is 2.36 bits per heavy atom. The van der Waals surface area contributed by atoms with Crippen molar-refractivity contribution in [1.82, 2.24) is 5.43 Å². The minimum Gasteiger partial charge on any atom is -0.326 e. The van der Waals surface area contributed by atoms with Crippen molar-refractivity contribution in [3.8, 4) is 0 Å². The quantitative estimate of drug-likeness (QED) is 0.436. The van der Waals surface area contributed by atoms with Crippen molar-refractivity contribution in [2.24, 2.45) is 22.6 Å². The fourth-order valence-electron chi connectivity index (χ4n) is 3.29. The molecule has 0 saturated heterocycles. The van der Waals surface area contributed by atoms with Gasteiger partial charge >= 0.3 is 0 Å². The molecule has 0 aromatic heterocycles. The van der Waals surface area contributed by atoms with E-state index in [9.17, 15) is 9.59 Å². The lowest BCUT2D eigenvalue weighted by Gasteiger charge is -2.39. The average Bonchev–Trinajstić information content (AvgIpc) is 2.72. The average molecular weight is 368 g/mol. The lowest BCUT2D eigenvalue weighted by molar-refractivity contribution is -0.137. The van der Waals surface area contributed by atoms with Crippen LogP contribution in [0.15, 0.2) is 28.7 Å². The Labute approximate surface area is 139 Å². The second kappa shape index (κ2) is 6.01. The SMILES string of the molecule is CC1(C(=O)NN)CCC(C(=O)Nc2ccc(Br)cc2)C1(C)C. The molecule has 0 heterocycles. The highest BCUT2D eigenvalue weighted by atomic mass is 79.9. The van der Waals surface area contributed by atoms with Crippen molar-refractivity contribution in [3.05, 3.63) is 28.7 Å². The first kappa shape index (κ1) is 17.0. The Morgan fingerprint density at radius 1 is 1.23 bits per heavy atom. The molecule has 2 rings (SSSR count). The molecule has 2 amide bonds. The van der Waals surface area contributed by atoms with Crippen LogP contribution in [-0.2, 0) is 9.59 Å². The van der Waals surface area contributed by atoms with Gasteiger partial charge in [0.15, 0.2) is 0 Å². The van der Waals surface area contributed by atoms with Gasteiger partial charge in [0.05, 0.1) is 5.41 Å². The van der Waals surface area contributed by atoms with E-state index in [1.165, 1.54) is 0 Å². The number of halogens is 1. The van der Waals surface area contributed by atoms with Gasteiger partial charge in [-0.25, -0.2) is 5.84 Å². The van der Waals surface area contributed by atoms with Crippen LogP contribution in [0.5, 0.6) is 0 Å². The Hall–Kier alpha value is -1.40. The van der Waals surface area contributed by atoms with Crippen LogP contribution >= 0.6 is 15.9 Å². The van der Waals surface area contributed by atoms with E-state index in [-0.39, 0.29) is 17.7 Å². The zero-order valence-electron chi connectivity index (χ0n) is 13.1. The molecule has 2 atom stereocenters. The molecular weight excluding hydrogens is 346 g/mol. The smallest absolute Gasteiger partial charge is 0.240 e. The van der Waals surface area contributed by atoms with Crippen molar-refractivity contribution in [2.45, 2.75) is 33.6 Å². The summed E-state index contributed by atoms with van der Waals surface area (Å²) < 4.78 is 0.957. The van der Waals surface area contributed by atoms with Crippen LogP contribution in [0.3, 0.4) is 0 Å². The summed E-state index contributed by atoms with van der Waals surface area (Å²) >= 11 is 3.37. The monoisotopic (exact) mass is 367 g/mol. The predicted octanol–water partition coefficient (Wildman–Crippen LogP) is 2.82. The first-order valence-corrected chi connectivity index (χ1v) is 8.09. The summed E-state index contributed by atoms with van der Waals surface area (Å²) in [4.78, 5) is 24.8. The van der Waals surface area contributed by atoms with Gasteiger partial charge in [-0.3, -0.25) is 15.0 Å². The summed E-state index contributed by atoms with van der Waals surface area (Å²) in [5, 5.41) is 2.94. The topological polar surface area (TPSA) is 84.2 Å². The fourth-order valence-corrected chi connectivity index (χ4v) is 3.55. The molecule has 0 spiro atoms. The van der Waals surface area contributed by atoms with Gasteiger partial charge in [0.25, 0.3) is 0 Å². The number of hydrazine groups is 1. The van der Waals surface area contributed by atoms with Crippen molar-refractivity contribution in [2.75, 3.05) is 5.32 Å². The standard InChI is InChI=1S/C16H22BrN3O2/c1-15(2)12(8-9-16(15,3)14(22)20-18)13(21)19-11-6-4-10(17)5-7-11/h4-7,12H,8-9,18H2,1-3H3,(H,19,21)(H,20,22). The predicted molar refractivity (Wildman–Crippen MR) is 89.7 cm³/mol. The second-order valence-corrected chi connectivity index (χ2v) is 7.53. The highest BCUT2D eigenvalue weighted by Crippen LogP contribution is 2.56. The molecule has 1 fully saturated rings. The molecule has 5 nitrogen and oxygen atoms in total. The van der Waals surface area contributed by atoms with Gasteiger partial charge in [0.2, 0.25) is 11.8 Å². The number of hydrogen-bond acceptors (Lipinski definition) is 3. The van der Waals surface area contributed by atoms with E-state index >= 15 is 0 Å². The van der Waals surface area contributed by atoms with E-state index in [1.807, 2.05) is 45.0 Å². The first-order chi connectivity index (χ1) is 10.2. The summed E-state index contributed by atoms with van der Waals surface area (Å²) in [6, 6.07) is 7.44. The molecule has 22 heavy (non-hydrogen) atoms. The van der Waals surface area contributed by atoms with E-state index in [2.05, 4.69) is 26.7 Å². The van der Waals surface area contributed by atoms with Crippen LogP contribution in [0.1, 0.15) is 33.6 Å². The number of carbonyl (C=O) groups excluding carboxylic acids is 2. The normalized spacial score (nSPS) is 26.5. The zero-order valence-corrected chi connectivity index (χ0v) is 14.7. The van der Waals surface area contributed by atoms with Gasteiger partial charge in [0.1, 0.15) is 0 Å². The van der Waals surface area contributed by atoms with Gasteiger partial charge in [-0.15, -0.1) is 0 Å². The summed E-state index contributed by atoms with van der Waals surface area (Å²) in [6.07, 6.45) is 1.31. The van der Waals surface area contributed by atoms with E-state index in [4.69, 9.17) is 5.84 Å². The van der Waals surface area contributed by atoms with Gasteiger partial charge in [-0.1, -0.05) is 36.7 Å². The maximum absolute atomic E-state index is 12.6. The first-order valence-electron chi connectivity index (χ1n) is 7.30. The Bertz CT molecular complexity index is 586. The molecule has 0 radical (unpaired) electrons. The third-order valence-electron chi connectivity index (χ3n) is 5.29. The molecule has 1 saturated carbocycles. The molecule has 1 aromatic rings. The zero-order chi connectivity index (χ0) is 16.5. The summed E-state index contributed by atoms with van der Waals surface area (Å²) in [5.74, 6) is 4.81. The van der Waals surface area contributed by atoms with Crippen molar-refractivity contribution < 1.29 is 9.59 Å². The Morgan fingerprint density at radius 2 is 1.82 bits per heavy atom. The van der Waals surface area contributed by atoms with E-state index < -0.39 is 10.8 Å². The number of amides is 2. The number of nitrogens with one attached hydrogen (secondary N) is 2. The molecule has 0 bridgehead atoms. The van der Waals surface area contributed by atoms with Crippen LogP contribution in [0.4, 0.5) is 5.69 Å². The number of carbonyl (C=O) groups is 2. The molecule has 4 N–H and O–H groups in total. The number of benzene rings is 1. The molecule has 1 aliphatic carbocycles. The van der Waals surface area contributed by atoms with Gasteiger partial charge in [-0.2, -0.15) is 0 Å². The fraction of sp³-hybridized carbons (Fsp3) is 0.500. The lowest BCUT2D eigenvalue weighted by atomic mass is 9.65. The molecule has 1 aromatic carbocycles. The van der Waals surface area contributed by atoms with Crippen molar-refractivity contribution in [1.29, 1.82) is 0 Å². The minimum absolute atomic E-state index is 0.0548. The van der Waals surface area contributed by atoms with E-state index in [0.29, 0.717) is 12.8 Å². The van der Waals surface area contributed by atoms with Crippen LogP contribution < -0.4 is 16.6 Å². The van der Waals surface area contributed by atoms with E-state index in [1.54, 1.807) is 0 Å².